The SMILES string of the molecule is CC.CC.CCC1C2(C=Cc3ccccc32)CC12C=Cc1ccccc12. The van der Waals surface area contributed by atoms with E-state index in [0.29, 0.717) is 5.92 Å². The third kappa shape index (κ3) is 2.35. The zero-order valence-electron chi connectivity index (χ0n) is 16.9. The normalized spacial score (nSPS) is 28.6. The van der Waals surface area contributed by atoms with Gasteiger partial charge in [0.25, 0.3) is 0 Å². The molecule has 0 bridgehead atoms. The Morgan fingerprint density at radius 3 is 1.58 bits per heavy atom. The Hall–Kier alpha value is -2.08. The highest BCUT2D eigenvalue weighted by Crippen LogP contribution is 2.67. The van der Waals surface area contributed by atoms with Crippen LogP contribution in [0, 0.1) is 5.92 Å². The van der Waals surface area contributed by atoms with Crippen LogP contribution in [0.1, 0.15) is 69.7 Å². The standard InChI is InChI=1S/C22H20.2C2H6/c1-2-20-21(13-11-16-7-3-5-9-18(16)21)15-22(20)14-12-17-8-4-6-10-19(17)22;2*1-2/h3-14,20H,2,15H2,1H3;2*1-2H3. The molecule has 0 heterocycles. The van der Waals surface area contributed by atoms with E-state index in [1.54, 1.807) is 11.1 Å². The summed E-state index contributed by atoms with van der Waals surface area (Å²) in [7, 11) is 0. The number of fused-ring (bicyclic) bond motifs is 4. The Morgan fingerprint density at radius 1 is 0.731 bits per heavy atom. The molecular formula is C26H32. The number of benzene rings is 2. The summed E-state index contributed by atoms with van der Waals surface area (Å²) in [6.45, 7) is 10.4. The van der Waals surface area contributed by atoms with E-state index in [-0.39, 0.29) is 10.8 Å². The third-order valence-electron chi connectivity index (χ3n) is 6.28. The van der Waals surface area contributed by atoms with Crippen molar-refractivity contribution in [2.75, 3.05) is 0 Å². The molecule has 2 aromatic carbocycles. The van der Waals surface area contributed by atoms with Crippen LogP contribution in [0.3, 0.4) is 0 Å². The van der Waals surface area contributed by atoms with Gasteiger partial charge in [-0.15, -0.1) is 0 Å². The third-order valence-corrected chi connectivity index (χ3v) is 6.28. The van der Waals surface area contributed by atoms with E-state index in [4.69, 9.17) is 0 Å². The van der Waals surface area contributed by atoms with Gasteiger partial charge in [0.2, 0.25) is 0 Å². The second-order valence-corrected chi connectivity index (χ2v) is 7.06. The summed E-state index contributed by atoms with van der Waals surface area (Å²) in [6.07, 6.45) is 12.1. The second-order valence-electron chi connectivity index (χ2n) is 7.06. The maximum atomic E-state index is 2.49. The minimum absolute atomic E-state index is 0.257. The highest BCUT2D eigenvalue weighted by molar-refractivity contribution is 5.73. The monoisotopic (exact) mass is 344 g/mol. The molecule has 0 nitrogen and oxygen atoms in total. The fourth-order valence-electron chi connectivity index (χ4n) is 5.49. The number of allylic oxidation sites excluding steroid dienone is 2. The van der Waals surface area contributed by atoms with Crippen molar-refractivity contribution in [2.45, 2.75) is 58.3 Å². The average Bonchev–Trinajstić information content (AvgIpc) is 3.28. The molecule has 0 amide bonds. The van der Waals surface area contributed by atoms with Crippen molar-refractivity contribution in [2.24, 2.45) is 5.92 Å². The van der Waals surface area contributed by atoms with Crippen molar-refractivity contribution in [3.8, 4) is 0 Å². The molecule has 1 saturated carbocycles. The fraction of sp³-hybridized carbons (Fsp3) is 0.385. The Morgan fingerprint density at radius 2 is 1.15 bits per heavy atom. The van der Waals surface area contributed by atoms with E-state index in [9.17, 15) is 0 Å². The van der Waals surface area contributed by atoms with Crippen molar-refractivity contribution in [1.82, 2.24) is 0 Å². The molecule has 0 aliphatic heterocycles. The summed E-state index contributed by atoms with van der Waals surface area (Å²) in [5, 5.41) is 0. The fourth-order valence-corrected chi connectivity index (χ4v) is 5.49. The Bertz CT molecular complexity index is 758. The summed E-state index contributed by atoms with van der Waals surface area (Å²) in [4.78, 5) is 0. The summed E-state index contributed by atoms with van der Waals surface area (Å²) in [6, 6.07) is 17.9. The van der Waals surface area contributed by atoms with Gasteiger partial charge in [0.05, 0.1) is 0 Å². The van der Waals surface area contributed by atoms with Gasteiger partial charge in [0.1, 0.15) is 0 Å². The molecule has 1 fully saturated rings. The Labute approximate surface area is 159 Å². The topological polar surface area (TPSA) is 0 Å². The van der Waals surface area contributed by atoms with Crippen molar-refractivity contribution in [3.63, 3.8) is 0 Å². The van der Waals surface area contributed by atoms with E-state index in [1.807, 2.05) is 27.7 Å². The van der Waals surface area contributed by atoms with Crippen LogP contribution in [0.15, 0.2) is 60.7 Å². The molecule has 0 saturated heterocycles. The molecule has 0 radical (unpaired) electrons. The first-order chi connectivity index (χ1) is 12.8. The summed E-state index contributed by atoms with van der Waals surface area (Å²) >= 11 is 0. The van der Waals surface area contributed by atoms with Crippen LogP contribution in [-0.4, -0.2) is 0 Å². The van der Waals surface area contributed by atoms with Gasteiger partial charge in [-0.2, -0.15) is 0 Å². The van der Waals surface area contributed by atoms with Crippen LogP contribution in [0.25, 0.3) is 12.2 Å². The van der Waals surface area contributed by atoms with Gasteiger partial charge in [-0.05, 0) is 34.6 Å². The molecule has 136 valence electrons. The lowest BCUT2D eigenvalue weighted by Crippen LogP contribution is -2.58. The molecule has 2 aromatic rings. The van der Waals surface area contributed by atoms with Gasteiger partial charge in [-0.25, -0.2) is 0 Å². The zero-order chi connectivity index (χ0) is 18.8. The minimum Gasteiger partial charge on any atom is -0.0729 e. The lowest BCUT2D eigenvalue weighted by atomic mass is 9.42. The Balaban J connectivity index is 0.000000461. The van der Waals surface area contributed by atoms with Crippen molar-refractivity contribution in [3.05, 3.63) is 82.9 Å². The molecule has 2 unspecified atom stereocenters. The van der Waals surface area contributed by atoms with Gasteiger partial charge < -0.3 is 0 Å². The smallest absolute Gasteiger partial charge is 0.0192 e. The van der Waals surface area contributed by atoms with Gasteiger partial charge >= 0.3 is 0 Å². The quantitative estimate of drug-likeness (QED) is 0.505. The predicted molar refractivity (Wildman–Crippen MR) is 115 cm³/mol. The lowest BCUT2D eigenvalue weighted by Gasteiger charge is -2.60. The van der Waals surface area contributed by atoms with E-state index in [1.165, 1.54) is 24.0 Å². The molecule has 26 heavy (non-hydrogen) atoms. The Kier molecular flexibility index (Phi) is 5.23. The first kappa shape index (κ1) is 18.7. The van der Waals surface area contributed by atoms with Crippen LogP contribution < -0.4 is 0 Å². The summed E-state index contributed by atoms with van der Waals surface area (Å²) < 4.78 is 0. The summed E-state index contributed by atoms with van der Waals surface area (Å²) in [5.41, 5.74) is 6.45. The molecule has 0 N–H and O–H groups in total. The second kappa shape index (κ2) is 7.27. The van der Waals surface area contributed by atoms with Crippen LogP contribution >= 0.6 is 0 Å². The van der Waals surface area contributed by atoms with Crippen molar-refractivity contribution >= 4 is 12.2 Å². The summed E-state index contributed by atoms with van der Waals surface area (Å²) in [5.74, 6) is 0.666. The molecule has 2 atom stereocenters. The number of hydrogen-bond acceptors (Lipinski definition) is 0. The molecule has 5 rings (SSSR count). The predicted octanol–water partition coefficient (Wildman–Crippen LogP) is 7.40. The number of hydrogen-bond donors (Lipinski definition) is 0. The molecule has 0 heteroatoms. The van der Waals surface area contributed by atoms with Gasteiger partial charge in [0, 0.05) is 10.8 Å². The van der Waals surface area contributed by atoms with Crippen LogP contribution in [0.5, 0.6) is 0 Å². The van der Waals surface area contributed by atoms with E-state index in [2.05, 4.69) is 79.8 Å². The first-order valence-corrected chi connectivity index (χ1v) is 10.4. The molecule has 2 spiro atoms. The van der Waals surface area contributed by atoms with Gasteiger partial charge in [-0.3, -0.25) is 0 Å². The number of rotatable bonds is 1. The van der Waals surface area contributed by atoms with Crippen LogP contribution in [-0.2, 0) is 10.8 Å². The van der Waals surface area contributed by atoms with Crippen LogP contribution in [0.2, 0.25) is 0 Å². The molecular weight excluding hydrogens is 312 g/mol. The average molecular weight is 345 g/mol. The molecule has 3 aliphatic carbocycles. The maximum Gasteiger partial charge on any atom is 0.0192 e. The largest absolute Gasteiger partial charge is 0.0729 e. The van der Waals surface area contributed by atoms with E-state index >= 15 is 0 Å². The van der Waals surface area contributed by atoms with Crippen LogP contribution in [0.4, 0.5) is 0 Å². The zero-order valence-corrected chi connectivity index (χ0v) is 16.9. The van der Waals surface area contributed by atoms with Gasteiger partial charge in [-0.1, -0.05) is 114 Å². The lowest BCUT2D eigenvalue weighted by molar-refractivity contribution is 0.0660. The first-order valence-electron chi connectivity index (χ1n) is 10.4. The van der Waals surface area contributed by atoms with E-state index in [0.717, 1.165) is 0 Å². The highest BCUT2D eigenvalue weighted by Gasteiger charge is 2.63. The van der Waals surface area contributed by atoms with Crippen molar-refractivity contribution in [1.29, 1.82) is 0 Å². The molecule has 3 aliphatic rings. The van der Waals surface area contributed by atoms with Crippen molar-refractivity contribution < 1.29 is 0 Å². The van der Waals surface area contributed by atoms with Gasteiger partial charge in [0.15, 0.2) is 0 Å². The van der Waals surface area contributed by atoms with E-state index < -0.39 is 0 Å². The molecule has 0 aromatic heterocycles. The highest BCUT2D eigenvalue weighted by atomic mass is 14.7. The minimum atomic E-state index is 0.257. The maximum absolute atomic E-state index is 2.49.